The molecule has 1 saturated heterocycles. The van der Waals surface area contributed by atoms with E-state index >= 15 is 0 Å². The molecule has 1 heterocycles. The van der Waals surface area contributed by atoms with Crippen LogP contribution in [0.3, 0.4) is 0 Å². The van der Waals surface area contributed by atoms with Crippen LogP contribution in [0.2, 0.25) is 0 Å². The first kappa shape index (κ1) is 26.8. The monoisotopic (exact) mass is 507 g/mol. The molecule has 1 aliphatic carbocycles. The normalized spacial score (nSPS) is 21.8. The van der Waals surface area contributed by atoms with Gasteiger partial charge in [0.25, 0.3) is 0 Å². The third-order valence-corrected chi connectivity index (χ3v) is 7.45. The number of hydrogen-bond donors (Lipinski definition) is 4. The summed E-state index contributed by atoms with van der Waals surface area (Å²) in [6, 6.07) is 14.5. The molecule has 0 spiro atoms. The van der Waals surface area contributed by atoms with Crippen molar-refractivity contribution in [2.75, 3.05) is 13.7 Å². The highest BCUT2D eigenvalue weighted by Gasteiger charge is 2.48. The summed E-state index contributed by atoms with van der Waals surface area (Å²) in [4.78, 5) is 40.1. The van der Waals surface area contributed by atoms with Crippen molar-refractivity contribution in [1.29, 1.82) is 0 Å². The number of aliphatic hydroxyl groups excluding tert-OH is 1. The predicted molar refractivity (Wildman–Crippen MR) is 140 cm³/mol. The van der Waals surface area contributed by atoms with Gasteiger partial charge in [-0.3, -0.25) is 14.4 Å². The molecule has 2 fully saturated rings. The SMILES string of the molecule is COc1ccc(C[C@H](NC(=O)[C@H]2NCCC[C@H]2O)C(=O)N[C@@H](Cc2ccccc2)C(=O)C2(C)CC2)cc1. The largest absolute Gasteiger partial charge is 0.497 e. The van der Waals surface area contributed by atoms with Crippen molar-refractivity contribution < 1.29 is 24.2 Å². The van der Waals surface area contributed by atoms with Gasteiger partial charge in [-0.1, -0.05) is 49.4 Å². The van der Waals surface area contributed by atoms with Gasteiger partial charge >= 0.3 is 0 Å². The van der Waals surface area contributed by atoms with E-state index < -0.39 is 41.5 Å². The zero-order valence-electron chi connectivity index (χ0n) is 21.5. The van der Waals surface area contributed by atoms with Crippen molar-refractivity contribution in [3.8, 4) is 5.75 Å². The zero-order chi connectivity index (χ0) is 26.4. The van der Waals surface area contributed by atoms with E-state index in [0.29, 0.717) is 25.1 Å². The second-order valence-corrected chi connectivity index (χ2v) is 10.4. The molecule has 2 amide bonds. The highest BCUT2D eigenvalue weighted by Crippen LogP contribution is 2.46. The quantitative estimate of drug-likeness (QED) is 0.369. The number of rotatable bonds is 11. The maximum absolute atomic E-state index is 13.6. The standard InChI is InChI=1S/C29H37N3O5/c1-29(14-15-29)26(34)22(17-19-7-4-3-5-8-19)31-27(35)23(18-20-10-12-21(37-2)13-11-20)32-28(36)25-24(33)9-6-16-30-25/h3-5,7-8,10-13,22-25,30,33H,6,9,14-18H2,1-2H3,(H,31,35)(H,32,36)/t22-,23-,24+,25-/m0/s1. The van der Waals surface area contributed by atoms with E-state index in [2.05, 4.69) is 16.0 Å². The number of methoxy groups -OCH3 is 1. The van der Waals surface area contributed by atoms with Gasteiger partial charge in [-0.2, -0.15) is 0 Å². The number of hydrogen-bond acceptors (Lipinski definition) is 6. The van der Waals surface area contributed by atoms with Crippen LogP contribution in [0.15, 0.2) is 54.6 Å². The Morgan fingerprint density at radius 1 is 1.00 bits per heavy atom. The second-order valence-electron chi connectivity index (χ2n) is 10.4. The zero-order valence-corrected chi connectivity index (χ0v) is 21.5. The summed E-state index contributed by atoms with van der Waals surface area (Å²) in [5.41, 5.74) is 1.37. The number of nitrogens with one attached hydrogen (secondary N) is 3. The summed E-state index contributed by atoms with van der Waals surface area (Å²) in [5.74, 6) is -0.146. The Morgan fingerprint density at radius 3 is 2.27 bits per heavy atom. The molecule has 0 unspecified atom stereocenters. The Labute approximate surface area is 218 Å². The van der Waals surface area contributed by atoms with Gasteiger partial charge in [0.2, 0.25) is 11.8 Å². The van der Waals surface area contributed by atoms with Gasteiger partial charge in [0.15, 0.2) is 5.78 Å². The molecule has 37 heavy (non-hydrogen) atoms. The number of Topliss-reactive ketones (excluding diaryl/α,β-unsaturated/α-hetero) is 1. The van der Waals surface area contributed by atoms with Crippen molar-refractivity contribution in [2.45, 2.75) is 69.7 Å². The minimum Gasteiger partial charge on any atom is -0.497 e. The lowest BCUT2D eigenvalue weighted by molar-refractivity contribution is -0.134. The summed E-state index contributed by atoms with van der Waals surface area (Å²) in [5, 5.41) is 19.2. The summed E-state index contributed by atoms with van der Waals surface area (Å²) in [6.07, 6.45) is 2.71. The van der Waals surface area contributed by atoms with Crippen LogP contribution in [-0.4, -0.2) is 60.6 Å². The fourth-order valence-electron chi connectivity index (χ4n) is 4.79. The van der Waals surface area contributed by atoms with Crippen molar-refractivity contribution in [1.82, 2.24) is 16.0 Å². The molecule has 4 rings (SSSR count). The van der Waals surface area contributed by atoms with Crippen molar-refractivity contribution >= 4 is 17.6 Å². The number of ketones is 1. The third-order valence-electron chi connectivity index (χ3n) is 7.45. The van der Waals surface area contributed by atoms with Gasteiger partial charge in [0, 0.05) is 11.8 Å². The highest BCUT2D eigenvalue weighted by atomic mass is 16.5. The Morgan fingerprint density at radius 2 is 1.65 bits per heavy atom. The smallest absolute Gasteiger partial charge is 0.243 e. The van der Waals surface area contributed by atoms with Crippen LogP contribution in [-0.2, 0) is 27.2 Å². The van der Waals surface area contributed by atoms with E-state index in [1.54, 1.807) is 19.2 Å². The van der Waals surface area contributed by atoms with Crippen LogP contribution in [0.4, 0.5) is 0 Å². The van der Waals surface area contributed by atoms with Crippen LogP contribution in [0.5, 0.6) is 5.75 Å². The first-order chi connectivity index (χ1) is 17.8. The average molecular weight is 508 g/mol. The van der Waals surface area contributed by atoms with Crippen molar-refractivity contribution in [3.63, 3.8) is 0 Å². The van der Waals surface area contributed by atoms with Gasteiger partial charge in [-0.25, -0.2) is 0 Å². The summed E-state index contributed by atoms with van der Waals surface area (Å²) >= 11 is 0. The molecule has 1 aliphatic heterocycles. The van der Waals surface area contributed by atoms with E-state index in [1.807, 2.05) is 49.4 Å². The van der Waals surface area contributed by atoms with Crippen LogP contribution in [0, 0.1) is 5.41 Å². The first-order valence-corrected chi connectivity index (χ1v) is 13.0. The van der Waals surface area contributed by atoms with E-state index in [4.69, 9.17) is 4.74 Å². The fourth-order valence-corrected chi connectivity index (χ4v) is 4.79. The number of aliphatic hydroxyl groups is 1. The van der Waals surface area contributed by atoms with Crippen LogP contribution in [0.1, 0.15) is 43.7 Å². The number of amides is 2. The van der Waals surface area contributed by atoms with E-state index in [-0.39, 0.29) is 12.2 Å². The Bertz CT molecular complexity index is 1080. The number of carbonyl (C=O) groups excluding carboxylic acids is 3. The van der Waals surface area contributed by atoms with Gasteiger partial charge in [0.05, 0.1) is 19.3 Å². The second kappa shape index (κ2) is 11.9. The number of carbonyl (C=O) groups is 3. The average Bonchev–Trinajstić information content (AvgIpc) is 3.67. The Balaban J connectivity index is 1.54. The van der Waals surface area contributed by atoms with Gasteiger partial charge in [0.1, 0.15) is 17.8 Å². The maximum Gasteiger partial charge on any atom is 0.243 e. The molecule has 2 aromatic rings. The molecule has 198 valence electrons. The number of benzene rings is 2. The molecule has 8 heteroatoms. The van der Waals surface area contributed by atoms with E-state index in [1.165, 1.54) is 0 Å². The van der Waals surface area contributed by atoms with Gasteiger partial charge in [-0.15, -0.1) is 0 Å². The lowest BCUT2D eigenvalue weighted by atomic mass is 9.92. The van der Waals surface area contributed by atoms with E-state index in [0.717, 1.165) is 30.4 Å². The van der Waals surface area contributed by atoms with Crippen LogP contribution < -0.4 is 20.7 Å². The van der Waals surface area contributed by atoms with Gasteiger partial charge in [-0.05, 0) is 61.9 Å². The molecule has 1 saturated carbocycles. The minimum atomic E-state index is -0.921. The number of piperidine rings is 1. The van der Waals surface area contributed by atoms with Crippen LogP contribution >= 0.6 is 0 Å². The van der Waals surface area contributed by atoms with E-state index in [9.17, 15) is 19.5 Å². The van der Waals surface area contributed by atoms with Gasteiger partial charge < -0.3 is 25.8 Å². The molecular formula is C29H37N3O5. The first-order valence-electron chi connectivity index (χ1n) is 13.0. The maximum atomic E-state index is 13.6. The third kappa shape index (κ3) is 6.96. The fraction of sp³-hybridized carbons (Fsp3) is 0.483. The minimum absolute atomic E-state index is 0.0172. The lowest BCUT2D eigenvalue weighted by Gasteiger charge is -2.30. The Kier molecular flexibility index (Phi) is 8.61. The molecule has 2 aromatic carbocycles. The molecule has 0 radical (unpaired) electrons. The molecule has 0 aromatic heterocycles. The van der Waals surface area contributed by atoms with Crippen molar-refractivity contribution in [2.24, 2.45) is 5.41 Å². The topological polar surface area (TPSA) is 117 Å². The summed E-state index contributed by atoms with van der Waals surface area (Å²) < 4.78 is 5.23. The van der Waals surface area contributed by atoms with Crippen molar-refractivity contribution in [3.05, 3.63) is 65.7 Å². The molecular weight excluding hydrogens is 470 g/mol. The molecule has 0 bridgehead atoms. The lowest BCUT2D eigenvalue weighted by Crippen LogP contribution is -2.60. The summed E-state index contributed by atoms with van der Waals surface area (Å²) in [7, 11) is 1.58. The molecule has 8 nitrogen and oxygen atoms in total. The van der Waals surface area contributed by atoms with Crippen LogP contribution in [0.25, 0.3) is 0 Å². The molecule has 4 atom stereocenters. The number of ether oxygens (including phenoxy) is 1. The molecule has 4 N–H and O–H groups in total. The predicted octanol–water partition coefficient (Wildman–Crippen LogP) is 1.93. The summed E-state index contributed by atoms with van der Waals surface area (Å²) in [6.45, 7) is 2.56. The Hall–Kier alpha value is -3.23. The highest BCUT2D eigenvalue weighted by molar-refractivity contribution is 5.97. The molecule has 2 aliphatic rings.